The number of hydrogen-bond acceptors (Lipinski definition) is 1. The number of para-hydroxylation sites is 1. The van der Waals surface area contributed by atoms with E-state index in [1.807, 2.05) is 37.3 Å². The second-order valence-corrected chi connectivity index (χ2v) is 11.4. The van der Waals surface area contributed by atoms with Gasteiger partial charge < -0.3 is 5.73 Å². The van der Waals surface area contributed by atoms with Crippen molar-refractivity contribution in [1.82, 2.24) is 0 Å². The van der Waals surface area contributed by atoms with Crippen molar-refractivity contribution in [3.63, 3.8) is 0 Å². The summed E-state index contributed by atoms with van der Waals surface area (Å²) in [7, 11) is 0. The quantitative estimate of drug-likeness (QED) is 0.143. The Morgan fingerprint density at radius 3 is 2.16 bits per heavy atom. The summed E-state index contributed by atoms with van der Waals surface area (Å²) in [6.45, 7) is 12.8. The monoisotopic (exact) mass is 569 g/mol. The van der Waals surface area contributed by atoms with Crippen LogP contribution in [0.2, 0.25) is 0 Å². The van der Waals surface area contributed by atoms with Gasteiger partial charge in [0.25, 0.3) is 0 Å². The van der Waals surface area contributed by atoms with Gasteiger partial charge in [-0.15, -0.1) is 0 Å². The number of rotatable bonds is 8. The Morgan fingerprint density at radius 1 is 0.750 bits per heavy atom. The molecule has 0 aliphatic heterocycles. The molecule has 6 rings (SSSR count). The Hall–Kier alpha value is -5.14. The maximum absolute atomic E-state index is 6.46. The number of anilines is 1. The van der Waals surface area contributed by atoms with Gasteiger partial charge in [0, 0.05) is 11.3 Å². The first-order valence-electron chi connectivity index (χ1n) is 15.5. The van der Waals surface area contributed by atoms with Crippen LogP contribution in [0.25, 0.3) is 61.9 Å². The van der Waals surface area contributed by atoms with Crippen molar-refractivity contribution in [3.05, 3.63) is 155 Å². The molecule has 0 spiro atoms. The van der Waals surface area contributed by atoms with E-state index in [4.69, 9.17) is 5.73 Å². The summed E-state index contributed by atoms with van der Waals surface area (Å²) in [5.41, 5.74) is 22.9. The third-order valence-electron chi connectivity index (χ3n) is 8.82. The minimum absolute atomic E-state index is 0.758. The van der Waals surface area contributed by atoms with E-state index in [2.05, 4.69) is 124 Å². The summed E-state index contributed by atoms with van der Waals surface area (Å²) >= 11 is 0. The van der Waals surface area contributed by atoms with Crippen molar-refractivity contribution in [3.8, 4) is 33.4 Å². The Kier molecular flexibility index (Phi) is 8.05. The van der Waals surface area contributed by atoms with Gasteiger partial charge in [-0.3, -0.25) is 0 Å². The van der Waals surface area contributed by atoms with Gasteiger partial charge in [-0.25, -0.2) is 0 Å². The van der Waals surface area contributed by atoms with Crippen LogP contribution >= 0.6 is 0 Å². The molecule has 0 unspecified atom stereocenters. The maximum atomic E-state index is 6.46. The molecule has 1 nitrogen and oxygen atoms in total. The zero-order chi connectivity index (χ0) is 30.8. The molecule has 0 aromatic heterocycles. The molecule has 216 valence electrons. The maximum Gasteiger partial charge on any atom is 0.0466 e. The van der Waals surface area contributed by atoms with E-state index < -0.39 is 0 Å². The first-order chi connectivity index (χ1) is 21.4. The van der Waals surface area contributed by atoms with Crippen LogP contribution in [0.15, 0.2) is 133 Å². The SMILES string of the molecule is C=C(\C=C/C(=C\C)C(=C/c1ccc(-c2ccc3c4c(cccc24)-c2ccccc2-3)cc1C)/CC)c1cccc(/C=C\C)c1N. The van der Waals surface area contributed by atoms with Crippen LogP contribution in [0.4, 0.5) is 5.69 Å². The third-order valence-corrected chi connectivity index (χ3v) is 8.82. The van der Waals surface area contributed by atoms with E-state index >= 15 is 0 Å². The highest BCUT2D eigenvalue weighted by Gasteiger charge is 2.22. The lowest BCUT2D eigenvalue weighted by Crippen LogP contribution is -1.95. The van der Waals surface area contributed by atoms with E-state index in [0.717, 1.165) is 28.8 Å². The van der Waals surface area contributed by atoms with Crippen molar-refractivity contribution in [1.29, 1.82) is 0 Å². The molecule has 1 aliphatic carbocycles. The van der Waals surface area contributed by atoms with Gasteiger partial charge in [0.05, 0.1) is 0 Å². The molecule has 0 saturated heterocycles. The smallest absolute Gasteiger partial charge is 0.0466 e. The number of hydrogen-bond donors (Lipinski definition) is 1. The summed E-state index contributed by atoms with van der Waals surface area (Å²) < 4.78 is 0. The second kappa shape index (κ2) is 12.2. The standard InChI is InChI=1S/C43H39N/c1-6-13-32-14-11-17-35(43(32)44)28(4)20-21-30(7-2)31(8-3)27-33-22-23-34(26-29(33)5)36-24-25-41-38-16-10-9-15-37(38)40-19-12-18-39(36)42(40)41/h6-7,9-27H,4,8,44H2,1-3,5H3/b13-6-,21-20-,30-7+,31-27+. The zero-order valence-electron chi connectivity index (χ0n) is 26.1. The van der Waals surface area contributed by atoms with E-state index in [9.17, 15) is 0 Å². The van der Waals surface area contributed by atoms with Crippen molar-refractivity contribution in [2.24, 2.45) is 0 Å². The summed E-state index contributed by atoms with van der Waals surface area (Å²) in [6.07, 6.45) is 13.7. The molecule has 5 aromatic rings. The highest BCUT2D eigenvalue weighted by atomic mass is 14.6. The van der Waals surface area contributed by atoms with Crippen LogP contribution in [0.3, 0.4) is 0 Å². The van der Waals surface area contributed by atoms with Crippen LogP contribution in [0.1, 0.15) is 49.4 Å². The number of allylic oxidation sites excluding steroid dienone is 7. The minimum Gasteiger partial charge on any atom is -0.398 e. The van der Waals surface area contributed by atoms with Gasteiger partial charge in [-0.1, -0.05) is 141 Å². The lowest BCUT2D eigenvalue weighted by molar-refractivity contribution is 1.13. The molecule has 44 heavy (non-hydrogen) atoms. The number of nitrogen functional groups attached to an aromatic ring is 1. The van der Waals surface area contributed by atoms with Gasteiger partial charge in [0.1, 0.15) is 0 Å². The highest BCUT2D eigenvalue weighted by molar-refractivity contribution is 6.18. The summed E-state index contributed by atoms with van der Waals surface area (Å²) in [6, 6.07) is 33.0. The fourth-order valence-electron chi connectivity index (χ4n) is 6.50. The molecular formula is C43H39N. The largest absolute Gasteiger partial charge is 0.398 e. The molecular weight excluding hydrogens is 530 g/mol. The second-order valence-electron chi connectivity index (χ2n) is 11.4. The minimum atomic E-state index is 0.758. The van der Waals surface area contributed by atoms with Gasteiger partial charge in [-0.05, 0) is 105 Å². The first kappa shape index (κ1) is 29.0. The molecule has 1 aliphatic rings. The van der Waals surface area contributed by atoms with Gasteiger partial charge in [-0.2, -0.15) is 0 Å². The van der Waals surface area contributed by atoms with Crippen LogP contribution < -0.4 is 5.73 Å². The number of aryl methyl sites for hydroxylation is 1. The number of nitrogens with two attached hydrogens (primary N) is 1. The zero-order valence-corrected chi connectivity index (χ0v) is 26.1. The molecule has 1 heteroatoms. The molecule has 0 fully saturated rings. The fourth-order valence-corrected chi connectivity index (χ4v) is 6.50. The third kappa shape index (κ3) is 5.16. The van der Waals surface area contributed by atoms with Crippen molar-refractivity contribution >= 4 is 34.2 Å². The molecule has 5 aromatic carbocycles. The lowest BCUT2D eigenvalue weighted by atomic mass is 9.91. The van der Waals surface area contributed by atoms with E-state index in [1.165, 1.54) is 66.4 Å². The lowest BCUT2D eigenvalue weighted by Gasteiger charge is -2.13. The predicted octanol–water partition coefficient (Wildman–Crippen LogP) is 12.1. The Morgan fingerprint density at radius 2 is 1.45 bits per heavy atom. The van der Waals surface area contributed by atoms with Gasteiger partial charge >= 0.3 is 0 Å². The van der Waals surface area contributed by atoms with Crippen LogP contribution in [0, 0.1) is 6.92 Å². The van der Waals surface area contributed by atoms with Crippen molar-refractivity contribution < 1.29 is 0 Å². The van der Waals surface area contributed by atoms with Crippen LogP contribution in [-0.4, -0.2) is 0 Å². The van der Waals surface area contributed by atoms with Gasteiger partial charge in [0.15, 0.2) is 0 Å². The predicted molar refractivity (Wildman–Crippen MR) is 194 cm³/mol. The van der Waals surface area contributed by atoms with E-state index in [0.29, 0.717) is 0 Å². The first-order valence-corrected chi connectivity index (χ1v) is 15.5. The van der Waals surface area contributed by atoms with E-state index in [1.54, 1.807) is 0 Å². The summed E-state index contributed by atoms with van der Waals surface area (Å²) in [5.74, 6) is 0. The Balaban J connectivity index is 1.30. The average Bonchev–Trinajstić information content (AvgIpc) is 3.37. The highest BCUT2D eigenvalue weighted by Crippen LogP contribution is 2.49. The Labute approximate surface area is 262 Å². The molecule has 0 radical (unpaired) electrons. The number of benzene rings is 5. The molecule has 0 saturated carbocycles. The number of fused-ring (bicyclic) bond motifs is 3. The average molecular weight is 570 g/mol. The molecule has 2 N–H and O–H groups in total. The molecule has 0 heterocycles. The Bertz CT molecular complexity index is 2010. The molecule has 0 atom stereocenters. The van der Waals surface area contributed by atoms with Crippen molar-refractivity contribution in [2.45, 2.75) is 34.1 Å². The van der Waals surface area contributed by atoms with Crippen LogP contribution in [0.5, 0.6) is 0 Å². The molecule has 0 amide bonds. The fraction of sp³-hybridized carbons (Fsp3) is 0.116. The summed E-state index contributed by atoms with van der Waals surface area (Å²) in [5, 5.41) is 2.68. The van der Waals surface area contributed by atoms with Crippen LogP contribution in [-0.2, 0) is 0 Å². The van der Waals surface area contributed by atoms with Crippen molar-refractivity contribution in [2.75, 3.05) is 5.73 Å². The molecule has 0 bridgehead atoms. The van der Waals surface area contributed by atoms with Gasteiger partial charge in [0.2, 0.25) is 0 Å². The van der Waals surface area contributed by atoms with E-state index in [-0.39, 0.29) is 0 Å². The topological polar surface area (TPSA) is 26.0 Å². The summed E-state index contributed by atoms with van der Waals surface area (Å²) in [4.78, 5) is 0. The normalized spacial score (nSPS) is 12.9.